The summed E-state index contributed by atoms with van der Waals surface area (Å²) in [7, 11) is 11.7. The molecule has 0 aromatic heterocycles. The van der Waals surface area contributed by atoms with Gasteiger partial charge in [-0.1, -0.05) is 19.3 Å². The normalized spacial score (nSPS) is 26.3. The van der Waals surface area contributed by atoms with Crippen LogP contribution in [0.1, 0.15) is 32.1 Å². The van der Waals surface area contributed by atoms with E-state index in [-0.39, 0.29) is 0 Å². The third-order valence-corrected chi connectivity index (χ3v) is 4.07. The SMILES string of the molecule is CN(C)C1=N[C@@](NC2CCCCC2)(N(C)C)OC(N(C)C)=N1. The van der Waals surface area contributed by atoms with Gasteiger partial charge < -0.3 is 14.5 Å². The van der Waals surface area contributed by atoms with E-state index in [9.17, 15) is 0 Å². The van der Waals surface area contributed by atoms with Gasteiger partial charge in [0.15, 0.2) is 0 Å². The first-order chi connectivity index (χ1) is 10.3. The Kier molecular flexibility index (Phi) is 5.28. The monoisotopic (exact) mass is 310 g/mol. The first kappa shape index (κ1) is 17.0. The first-order valence-corrected chi connectivity index (χ1v) is 8.01. The maximum atomic E-state index is 6.16. The standard InChI is InChI=1S/C15H30N6O/c1-19(2)13-16-14(20(3)4)22-15(18-13,21(5)6)17-12-10-8-7-9-11-12/h12,17H,7-11H2,1-6H3/t15-/m0/s1. The van der Waals surface area contributed by atoms with Crippen LogP contribution in [0, 0.1) is 0 Å². The van der Waals surface area contributed by atoms with Gasteiger partial charge >= 0.3 is 5.97 Å². The van der Waals surface area contributed by atoms with E-state index in [2.05, 4.69) is 10.3 Å². The highest BCUT2D eigenvalue weighted by atomic mass is 16.6. The molecule has 1 fully saturated rings. The number of nitrogens with one attached hydrogen (secondary N) is 1. The fraction of sp³-hybridized carbons (Fsp3) is 0.867. The van der Waals surface area contributed by atoms with Gasteiger partial charge in [0.1, 0.15) is 0 Å². The van der Waals surface area contributed by atoms with Gasteiger partial charge in [0, 0.05) is 34.2 Å². The maximum absolute atomic E-state index is 6.16. The Labute approximate surface area is 134 Å². The zero-order valence-corrected chi connectivity index (χ0v) is 14.8. The topological polar surface area (TPSA) is 55.7 Å². The first-order valence-electron chi connectivity index (χ1n) is 8.01. The summed E-state index contributed by atoms with van der Waals surface area (Å²) in [6.45, 7) is 0. The van der Waals surface area contributed by atoms with Gasteiger partial charge in [-0.25, -0.2) is 10.2 Å². The molecule has 0 aromatic rings. The minimum absolute atomic E-state index is 0.421. The third-order valence-electron chi connectivity index (χ3n) is 4.07. The summed E-state index contributed by atoms with van der Waals surface area (Å²) in [5.41, 5.74) is 0. The molecule has 1 heterocycles. The number of aliphatic imine (C=N–C) groups is 2. The lowest BCUT2D eigenvalue weighted by molar-refractivity contribution is -0.111. The van der Waals surface area contributed by atoms with Crippen LogP contribution in [0.15, 0.2) is 9.98 Å². The van der Waals surface area contributed by atoms with Crippen molar-refractivity contribution in [1.82, 2.24) is 20.0 Å². The summed E-state index contributed by atoms with van der Waals surface area (Å²) in [4.78, 5) is 15.0. The molecule has 7 heteroatoms. The lowest BCUT2D eigenvalue weighted by atomic mass is 9.95. The van der Waals surface area contributed by atoms with Crippen molar-refractivity contribution < 1.29 is 4.74 Å². The van der Waals surface area contributed by atoms with Crippen molar-refractivity contribution in [1.29, 1.82) is 0 Å². The van der Waals surface area contributed by atoms with Gasteiger partial charge in [0.25, 0.3) is 6.02 Å². The minimum atomic E-state index is -0.900. The Balaban J connectivity index is 2.29. The van der Waals surface area contributed by atoms with Crippen LogP contribution in [0.3, 0.4) is 0 Å². The highest BCUT2D eigenvalue weighted by molar-refractivity contribution is 5.93. The molecular weight excluding hydrogens is 280 g/mol. The molecule has 0 radical (unpaired) electrons. The molecule has 1 saturated carbocycles. The quantitative estimate of drug-likeness (QED) is 0.787. The van der Waals surface area contributed by atoms with E-state index in [0.29, 0.717) is 18.0 Å². The summed E-state index contributed by atoms with van der Waals surface area (Å²) in [6.07, 6.45) is 6.19. The molecule has 126 valence electrons. The molecule has 7 nitrogen and oxygen atoms in total. The second-order valence-electron chi connectivity index (χ2n) is 6.68. The maximum Gasteiger partial charge on any atom is 0.329 e. The van der Waals surface area contributed by atoms with E-state index in [0.717, 1.165) is 0 Å². The molecule has 0 bridgehead atoms. The summed E-state index contributed by atoms with van der Waals surface area (Å²) in [5.74, 6) is -0.241. The van der Waals surface area contributed by atoms with Crippen LogP contribution in [0.25, 0.3) is 0 Å². The Morgan fingerprint density at radius 1 is 1.00 bits per heavy atom. The number of amidine groups is 1. The molecule has 1 aliphatic carbocycles. The fourth-order valence-corrected chi connectivity index (χ4v) is 2.71. The van der Waals surface area contributed by atoms with Gasteiger partial charge in [-0.3, -0.25) is 0 Å². The van der Waals surface area contributed by atoms with Crippen molar-refractivity contribution in [3.63, 3.8) is 0 Å². The highest BCUT2D eigenvalue weighted by Crippen LogP contribution is 2.25. The number of ether oxygens (including phenoxy) is 1. The molecule has 0 spiro atoms. The van der Waals surface area contributed by atoms with Gasteiger partial charge in [0.05, 0.1) is 0 Å². The third kappa shape index (κ3) is 3.70. The predicted molar refractivity (Wildman–Crippen MR) is 89.8 cm³/mol. The van der Waals surface area contributed by atoms with Gasteiger partial charge in [-0.15, -0.1) is 0 Å². The molecule has 1 atom stereocenters. The van der Waals surface area contributed by atoms with Crippen LogP contribution in [0.5, 0.6) is 0 Å². The van der Waals surface area contributed by atoms with E-state index < -0.39 is 5.97 Å². The van der Waals surface area contributed by atoms with E-state index in [1.165, 1.54) is 32.1 Å². The molecule has 1 N–H and O–H groups in total. The van der Waals surface area contributed by atoms with Gasteiger partial charge in [-0.05, 0) is 26.9 Å². The summed E-state index contributed by atoms with van der Waals surface area (Å²) < 4.78 is 6.16. The second kappa shape index (κ2) is 6.83. The van der Waals surface area contributed by atoms with Crippen LogP contribution < -0.4 is 5.32 Å². The molecule has 0 saturated heterocycles. The lowest BCUT2D eigenvalue weighted by Crippen LogP contribution is -2.63. The molecule has 1 aliphatic heterocycles. The highest BCUT2D eigenvalue weighted by Gasteiger charge is 2.42. The minimum Gasteiger partial charge on any atom is -0.408 e. The number of guanidine groups is 1. The van der Waals surface area contributed by atoms with E-state index in [4.69, 9.17) is 9.73 Å². The average molecular weight is 310 g/mol. The Hall–Kier alpha value is -1.34. The molecule has 2 rings (SSSR count). The van der Waals surface area contributed by atoms with Crippen molar-refractivity contribution >= 4 is 12.0 Å². The van der Waals surface area contributed by atoms with Crippen LogP contribution in [-0.4, -0.2) is 81.0 Å². The molecule has 0 unspecified atom stereocenters. The smallest absolute Gasteiger partial charge is 0.329 e. The zero-order chi connectivity index (χ0) is 16.3. The van der Waals surface area contributed by atoms with E-state index in [1.54, 1.807) is 0 Å². The lowest BCUT2D eigenvalue weighted by Gasteiger charge is -2.43. The van der Waals surface area contributed by atoms with Gasteiger partial charge in [0.2, 0.25) is 5.96 Å². The van der Waals surface area contributed by atoms with E-state index >= 15 is 0 Å². The molecule has 22 heavy (non-hydrogen) atoms. The second-order valence-corrected chi connectivity index (χ2v) is 6.68. The van der Waals surface area contributed by atoms with Crippen LogP contribution >= 0.6 is 0 Å². The predicted octanol–water partition coefficient (Wildman–Crippen LogP) is 0.947. The zero-order valence-electron chi connectivity index (χ0n) is 14.8. The van der Waals surface area contributed by atoms with Crippen LogP contribution in [-0.2, 0) is 4.74 Å². The largest absolute Gasteiger partial charge is 0.408 e. The molecule has 0 aromatic carbocycles. The average Bonchev–Trinajstić information content (AvgIpc) is 2.47. The number of rotatable bonds is 3. The van der Waals surface area contributed by atoms with Crippen molar-refractivity contribution in [2.24, 2.45) is 9.98 Å². The van der Waals surface area contributed by atoms with E-state index in [1.807, 2.05) is 57.0 Å². The van der Waals surface area contributed by atoms with Crippen molar-refractivity contribution in [2.45, 2.75) is 44.1 Å². The Morgan fingerprint density at radius 3 is 2.14 bits per heavy atom. The van der Waals surface area contributed by atoms with Crippen LogP contribution in [0.2, 0.25) is 0 Å². The number of nitrogens with zero attached hydrogens (tertiary/aromatic N) is 5. The molecular formula is C15H30N6O. The Morgan fingerprint density at radius 2 is 1.64 bits per heavy atom. The van der Waals surface area contributed by atoms with Crippen molar-refractivity contribution in [3.05, 3.63) is 0 Å². The Bertz CT molecular complexity index is 439. The molecule has 2 aliphatic rings. The number of hydrogen-bond donors (Lipinski definition) is 1. The summed E-state index contributed by atoms with van der Waals surface area (Å²) in [5, 5.41) is 3.62. The summed E-state index contributed by atoms with van der Waals surface area (Å²) >= 11 is 0. The fourth-order valence-electron chi connectivity index (χ4n) is 2.71. The van der Waals surface area contributed by atoms with Crippen molar-refractivity contribution in [3.8, 4) is 0 Å². The number of hydrogen-bond acceptors (Lipinski definition) is 7. The summed E-state index contributed by atoms with van der Waals surface area (Å²) in [6, 6.07) is 0.987. The molecule has 0 amide bonds. The van der Waals surface area contributed by atoms with Gasteiger partial charge in [-0.2, -0.15) is 9.98 Å². The van der Waals surface area contributed by atoms with Crippen LogP contribution in [0.4, 0.5) is 0 Å². The van der Waals surface area contributed by atoms with Crippen molar-refractivity contribution in [2.75, 3.05) is 42.3 Å².